The van der Waals surface area contributed by atoms with Crippen LogP contribution < -0.4 is 4.31 Å². The maximum atomic E-state index is 13.9. The van der Waals surface area contributed by atoms with E-state index in [1.165, 1.54) is 16.0 Å². The molecule has 4 aromatic rings. The lowest BCUT2D eigenvalue weighted by molar-refractivity contribution is 0.0943. The van der Waals surface area contributed by atoms with Gasteiger partial charge in [-0.2, -0.15) is 5.10 Å². The van der Waals surface area contributed by atoms with Crippen molar-refractivity contribution in [3.05, 3.63) is 87.9 Å². The van der Waals surface area contributed by atoms with Crippen LogP contribution >= 0.6 is 11.3 Å². The Bertz CT molecular complexity index is 1390. The lowest BCUT2D eigenvalue weighted by Gasteiger charge is -2.21. The van der Waals surface area contributed by atoms with Crippen LogP contribution in [0.25, 0.3) is 11.1 Å². The Kier molecular flexibility index (Phi) is 5.75. The van der Waals surface area contributed by atoms with Crippen LogP contribution in [0.2, 0.25) is 0 Å². The van der Waals surface area contributed by atoms with Crippen LogP contribution in [0.5, 0.6) is 0 Å². The fraction of sp³-hybridized carbons (Fsp3) is 0.167. The number of benzene rings is 2. The molecule has 0 saturated heterocycles. The maximum Gasteiger partial charge on any atom is 0.289 e. The Morgan fingerprint density at radius 2 is 1.66 bits per heavy atom. The SMILES string of the molecule is Cc1ccc(N(C)S(=O)(=O)c2c(-c3ccccc3)csc2C(=O)n2nc(C)cc2C)cc1. The quantitative estimate of drug-likeness (QED) is 0.413. The average Bonchev–Trinajstić information content (AvgIpc) is 3.37. The van der Waals surface area contributed by atoms with Crippen LogP contribution in [0.15, 0.2) is 70.9 Å². The molecule has 0 fully saturated rings. The van der Waals surface area contributed by atoms with Crippen LogP contribution in [0.4, 0.5) is 5.69 Å². The van der Waals surface area contributed by atoms with Gasteiger partial charge in [0, 0.05) is 23.7 Å². The molecule has 0 unspecified atom stereocenters. The number of carbonyl (C=O) groups is 1. The Morgan fingerprint density at radius 1 is 1.00 bits per heavy atom. The number of sulfonamides is 1. The Balaban J connectivity index is 1.92. The Hall–Kier alpha value is -3.23. The molecule has 0 N–H and O–H groups in total. The van der Waals surface area contributed by atoms with E-state index in [0.717, 1.165) is 22.5 Å². The minimum atomic E-state index is -4.05. The van der Waals surface area contributed by atoms with Gasteiger partial charge in [0.2, 0.25) is 0 Å². The van der Waals surface area contributed by atoms with E-state index >= 15 is 0 Å². The molecule has 6 nitrogen and oxygen atoms in total. The van der Waals surface area contributed by atoms with Gasteiger partial charge in [0.25, 0.3) is 15.9 Å². The summed E-state index contributed by atoms with van der Waals surface area (Å²) in [6.45, 7) is 5.51. The van der Waals surface area contributed by atoms with Gasteiger partial charge in [0.1, 0.15) is 9.77 Å². The topological polar surface area (TPSA) is 72.3 Å². The van der Waals surface area contributed by atoms with E-state index in [0.29, 0.717) is 22.6 Å². The zero-order valence-electron chi connectivity index (χ0n) is 18.2. The lowest BCUT2D eigenvalue weighted by atomic mass is 10.1. The summed E-state index contributed by atoms with van der Waals surface area (Å²) in [4.78, 5) is 13.6. The first kappa shape index (κ1) is 22.0. The second kappa shape index (κ2) is 8.37. The van der Waals surface area contributed by atoms with E-state index in [-0.39, 0.29) is 9.77 Å². The van der Waals surface area contributed by atoms with Crippen molar-refractivity contribution in [3.63, 3.8) is 0 Å². The highest BCUT2D eigenvalue weighted by Gasteiger charge is 2.33. The van der Waals surface area contributed by atoms with E-state index in [1.807, 2.05) is 49.4 Å². The molecular formula is C24H23N3O3S2. The largest absolute Gasteiger partial charge is 0.289 e. The molecule has 4 rings (SSSR count). The van der Waals surface area contributed by atoms with Crippen molar-refractivity contribution in [2.75, 3.05) is 11.4 Å². The summed E-state index contributed by atoms with van der Waals surface area (Å²) in [5, 5.41) is 6.00. The summed E-state index contributed by atoms with van der Waals surface area (Å²) in [5.41, 5.74) is 4.12. The van der Waals surface area contributed by atoms with Crippen LogP contribution in [0.3, 0.4) is 0 Å². The molecule has 2 aromatic carbocycles. The molecule has 0 aliphatic rings. The van der Waals surface area contributed by atoms with Gasteiger partial charge >= 0.3 is 0 Å². The summed E-state index contributed by atoms with van der Waals surface area (Å²) in [6, 6.07) is 18.2. The molecule has 0 aliphatic heterocycles. The van der Waals surface area contributed by atoms with Crippen molar-refractivity contribution in [2.24, 2.45) is 0 Å². The average molecular weight is 466 g/mol. The van der Waals surface area contributed by atoms with Gasteiger partial charge in [0.15, 0.2) is 0 Å². The third-order valence-corrected chi connectivity index (χ3v) is 8.21. The third kappa shape index (κ3) is 3.87. The molecular weight excluding hydrogens is 442 g/mol. The van der Waals surface area contributed by atoms with Crippen molar-refractivity contribution in [3.8, 4) is 11.1 Å². The van der Waals surface area contributed by atoms with Gasteiger partial charge < -0.3 is 0 Å². The summed E-state index contributed by atoms with van der Waals surface area (Å²) < 4.78 is 30.2. The first-order chi connectivity index (χ1) is 15.2. The molecule has 164 valence electrons. The first-order valence-electron chi connectivity index (χ1n) is 10.0. The Morgan fingerprint density at radius 3 is 2.25 bits per heavy atom. The molecule has 0 atom stereocenters. The number of hydrogen-bond acceptors (Lipinski definition) is 5. The predicted octanol–water partition coefficient (Wildman–Crippen LogP) is 5.05. The van der Waals surface area contributed by atoms with E-state index in [1.54, 1.807) is 37.4 Å². The fourth-order valence-corrected chi connectivity index (χ4v) is 6.41. The van der Waals surface area contributed by atoms with Crippen molar-refractivity contribution < 1.29 is 13.2 Å². The Labute approximate surface area is 191 Å². The van der Waals surface area contributed by atoms with E-state index in [9.17, 15) is 13.2 Å². The fourth-order valence-electron chi connectivity index (χ4n) is 3.53. The number of carbonyl (C=O) groups excluding carboxylic acids is 1. The highest BCUT2D eigenvalue weighted by molar-refractivity contribution is 7.93. The molecule has 0 bridgehead atoms. The van der Waals surface area contributed by atoms with E-state index in [2.05, 4.69) is 5.10 Å². The van der Waals surface area contributed by atoms with Crippen LogP contribution in [0.1, 0.15) is 26.6 Å². The smallest absolute Gasteiger partial charge is 0.269 e. The second-order valence-electron chi connectivity index (χ2n) is 7.63. The van der Waals surface area contributed by atoms with Crippen molar-refractivity contribution >= 4 is 33.0 Å². The lowest BCUT2D eigenvalue weighted by Crippen LogP contribution is -2.28. The standard InChI is InChI=1S/C24H23N3O3S2/c1-16-10-12-20(13-11-16)26(4)32(29,30)23-21(19-8-6-5-7-9-19)15-31-22(23)24(28)27-18(3)14-17(2)25-27/h5-15H,1-4H3. The molecule has 0 aliphatic carbocycles. The minimum Gasteiger partial charge on any atom is -0.269 e. The molecule has 0 spiro atoms. The molecule has 2 heterocycles. The van der Waals surface area contributed by atoms with Gasteiger partial charge in [-0.05, 0) is 44.5 Å². The minimum absolute atomic E-state index is 0.00525. The molecule has 32 heavy (non-hydrogen) atoms. The van der Waals surface area contributed by atoms with Gasteiger partial charge in [-0.1, -0.05) is 48.0 Å². The van der Waals surface area contributed by atoms with Crippen molar-refractivity contribution in [1.29, 1.82) is 0 Å². The molecule has 8 heteroatoms. The van der Waals surface area contributed by atoms with Crippen molar-refractivity contribution in [1.82, 2.24) is 9.78 Å². The van der Waals surface area contributed by atoms with Gasteiger partial charge in [-0.3, -0.25) is 9.10 Å². The zero-order chi connectivity index (χ0) is 23.0. The number of rotatable bonds is 5. The van der Waals surface area contributed by atoms with Crippen LogP contribution in [0, 0.1) is 20.8 Å². The zero-order valence-corrected chi connectivity index (χ0v) is 19.9. The molecule has 0 amide bonds. The van der Waals surface area contributed by atoms with Gasteiger partial charge in [-0.25, -0.2) is 13.1 Å². The number of hydrogen-bond donors (Lipinski definition) is 0. The summed E-state index contributed by atoms with van der Waals surface area (Å²) in [6.07, 6.45) is 0. The first-order valence-corrected chi connectivity index (χ1v) is 12.3. The van der Waals surface area contributed by atoms with Crippen LogP contribution in [-0.4, -0.2) is 31.2 Å². The third-order valence-electron chi connectivity index (χ3n) is 5.24. The van der Waals surface area contributed by atoms with Gasteiger partial charge in [-0.15, -0.1) is 11.3 Å². The highest BCUT2D eigenvalue weighted by Crippen LogP contribution is 2.38. The number of nitrogens with zero attached hydrogens (tertiary/aromatic N) is 3. The number of aromatic nitrogens is 2. The second-order valence-corrected chi connectivity index (χ2v) is 10.4. The number of anilines is 1. The number of aryl methyl sites for hydroxylation is 3. The van der Waals surface area contributed by atoms with E-state index < -0.39 is 15.9 Å². The monoisotopic (exact) mass is 465 g/mol. The molecule has 0 saturated carbocycles. The summed E-state index contributed by atoms with van der Waals surface area (Å²) in [7, 11) is -2.54. The van der Waals surface area contributed by atoms with Crippen LogP contribution in [-0.2, 0) is 10.0 Å². The van der Waals surface area contributed by atoms with E-state index in [4.69, 9.17) is 0 Å². The highest BCUT2D eigenvalue weighted by atomic mass is 32.2. The maximum absolute atomic E-state index is 13.9. The molecule has 0 radical (unpaired) electrons. The molecule has 2 aromatic heterocycles. The predicted molar refractivity (Wildman–Crippen MR) is 128 cm³/mol. The number of thiophene rings is 1. The summed E-state index contributed by atoms with van der Waals surface area (Å²) >= 11 is 1.12. The van der Waals surface area contributed by atoms with Gasteiger partial charge in [0.05, 0.1) is 11.4 Å². The van der Waals surface area contributed by atoms with Crippen molar-refractivity contribution in [2.45, 2.75) is 25.7 Å². The normalized spacial score (nSPS) is 11.5. The summed E-state index contributed by atoms with van der Waals surface area (Å²) in [5.74, 6) is -0.460.